The average molecular weight is 424 g/mol. The Balaban J connectivity index is 2.62. The zero-order chi connectivity index (χ0) is 14.9. The fraction of sp³-hybridized carbons (Fsp3) is 0.143. The lowest BCUT2D eigenvalue weighted by atomic mass is 9.98. The highest BCUT2D eigenvalue weighted by molar-refractivity contribution is 9.10. The van der Waals surface area contributed by atoms with Gasteiger partial charge < -0.3 is 10.5 Å². The number of hydrogen-bond acceptors (Lipinski definition) is 2. The maximum atomic E-state index is 14.0. The number of rotatable bonds is 3. The largest absolute Gasteiger partial charge is 0.495 e. The zero-order valence-corrected chi connectivity index (χ0v) is 14.4. The molecule has 0 fully saturated rings. The summed E-state index contributed by atoms with van der Waals surface area (Å²) in [5, 5.41) is 0.496. The van der Waals surface area contributed by atoms with E-state index < -0.39 is 6.04 Å². The van der Waals surface area contributed by atoms with Gasteiger partial charge in [0.15, 0.2) is 0 Å². The summed E-state index contributed by atoms with van der Waals surface area (Å²) in [4.78, 5) is 0. The SMILES string of the molecule is COc1c(Br)cc(Cl)cc1C(N)c1c(F)cccc1Br. The summed E-state index contributed by atoms with van der Waals surface area (Å²) in [7, 11) is 1.53. The third-order valence-electron chi connectivity index (χ3n) is 2.89. The molecular weight excluding hydrogens is 412 g/mol. The summed E-state index contributed by atoms with van der Waals surface area (Å²) in [5.41, 5.74) is 7.17. The van der Waals surface area contributed by atoms with E-state index in [-0.39, 0.29) is 5.82 Å². The Hall–Kier alpha value is -0.620. The van der Waals surface area contributed by atoms with Gasteiger partial charge in [0.2, 0.25) is 0 Å². The van der Waals surface area contributed by atoms with Crippen molar-refractivity contribution >= 4 is 43.5 Å². The molecule has 0 aliphatic rings. The van der Waals surface area contributed by atoms with Crippen LogP contribution in [-0.4, -0.2) is 7.11 Å². The molecule has 106 valence electrons. The standard InChI is InChI=1S/C14H11Br2ClFNO/c1-20-14-8(5-7(17)6-10(14)16)13(19)12-9(15)3-2-4-11(12)18/h2-6,13H,19H2,1H3. The van der Waals surface area contributed by atoms with Crippen LogP contribution in [0.5, 0.6) is 5.75 Å². The van der Waals surface area contributed by atoms with Crippen molar-refractivity contribution in [1.29, 1.82) is 0 Å². The summed E-state index contributed by atoms with van der Waals surface area (Å²) in [6.07, 6.45) is 0. The van der Waals surface area contributed by atoms with Gasteiger partial charge in [-0.3, -0.25) is 0 Å². The lowest BCUT2D eigenvalue weighted by Crippen LogP contribution is -2.15. The number of methoxy groups -OCH3 is 1. The van der Waals surface area contributed by atoms with Gasteiger partial charge in [0, 0.05) is 20.6 Å². The molecular formula is C14H11Br2ClFNO. The van der Waals surface area contributed by atoms with E-state index in [0.29, 0.717) is 30.8 Å². The van der Waals surface area contributed by atoms with Crippen molar-refractivity contribution < 1.29 is 9.13 Å². The summed E-state index contributed by atoms with van der Waals surface area (Å²) in [6.45, 7) is 0. The summed E-state index contributed by atoms with van der Waals surface area (Å²) < 4.78 is 20.6. The van der Waals surface area contributed by atoms with Crippen molar-refractivity contribution in [3.8, 4) is 5.75 Å². The van der Waals surface area contributed by atoms with Gasteiger partial charge in [-0.2, -0.15) is 0 Å². The maximum absolute atomic E-state index is 14.0. The fourth-order valence-electron chi connectivity index (χ4n) is 1.99. The minimum absolute atomic E-state index is 0.361. The molecule has 0 aromatic heterocycles. The first-order valence-corrected chi connectivity index (χ1v) is 7.64. The molecule has 6 heteroatoms. The quantitative estimate of drug-likeness (QED) is 0.749. The number of benzene rings is 2. The van der Waals surface area contributed by atoms with Crippen LogP contribution in [0, 0.1) is 5.82 Å². The Kier molecular flexibility index (Phi) is 5.07. The van der Waals surface area contributed by atoms with Crippen molar-refractivity contribution in [2.45, 2.75) is 6.04 Å². The fourth-order valence-corrected chi connectivity index (χ4v) is 3.57. The Morgan fingerprint density at radius 3 is 2.55 bits per heavy atom. The molecule has 20 heavy (non-hydrogen) atoms. The summed E-state index contributed by atoms with van der Waals surface area (Å²) in [5.74, 6) is 0.155. The van der Waals surface area contributed by atoms with Gasteiger partial charge in [0.05, 0.1) is 17.6 Å². The Morgan fingerprint density at radius 1 is 1.25 bits per heavy atom. The van der Waals surface area contributed by atoms with E-state index in [2.05, 4.69) is 31.9 Å². The molecule has 0 saturated heterocycles. The van der Waals surface area contributed by atoms with Gasteiger partial charge >= 0.3 is 0 Å². The predicted octanol–water partition coefficient (Wildman–Crippen LogP) is 5.06. The molecule has 2 rings (SSSR count). The molecule has 2 nitrogen and oxygen atoms in total. The molecule has 1 atom stereocenters. The van der Waals surface area contributed by atoms with Gasteiger partial charge in [-0.15, -0.1) is 0 Å². The average Bonchev–Trinajstić information content (AvgIpc) is 2.37. The van der Waals surface area contributed by atoms with E-state index in [0.717, 1.165) is 0 Å². The van der Waals surface area contributed by atoms with Crippen LogP contribution in [0.2, 0.25) is 5.02 Å². The van der Waals surface area contributed by atoms with Crippen LogP contribution in [0.4, 0.5) is 4.39 Å². The molecule has 2 aromatic carbocycles. The van der Waals surface area contributed by atoms with Crippen molar-refractivity contribution in [2.75, 3.05) is 7.11 Å². The van der Waals surface area contributed by atoms with E-state index in [1.807, 2.05) is 0 Å². The normalized spacial score (nSPS) is 12.3. The van der Waals surface area contributed by atoms with E-state index in [1.165, 1.54) is 13.2 Å². The molecule has 0 heterocycles. The molecule has 0 saturated carbocycles. The zero-order valence-electron chi connectivity index (χ0n) is 10.5. The molecule has 2 aromatic rings. The predicted molar refractivity (Wildman–Crippen MR) is 85.8 cm³/mol. The first-order chi connectivity index (χ1) is 9.45. The van der Waals surface area contributed by atoms with Crippen LogP contribution in [0.25, 0.3) is 0 Å². The number of hydrogen-bond donors (Lipinski definition) is 1. The Morgan fingerprint density at radius 2 is 1.95 bits per heavy atom. The first kappa shape index (κ1) is 15.8. The van der Waals surface area contributed by atoms with Gasteiger partial charge in [-0.05, 0) is 40.2 Å². The van der Waals surface area contributed by atoms with Crippen LogP contribution in [-0.2, 0) is 0 Å². The topological polar surface area (TPSA) is 35.2 Å². The second-order valence-electron chi connectivity index (χ2n) is 4.12. The van der Waals surface area contributed by atoms with Crippen LogP contribution in [0.15, 0.2) is 39.3 Å². The molecule has 0 radical (unpaired) electrons. The molecule has 0 spiro atoms. The van der Waals surface area contributed by atoms with Gasteiger partial charge in [-0.25, -0.2) is 4.39 Å². The van der Waals surface area contributed by atoms with E-state index in [1.54, 1.807) is 24.3 Å². The molecule has 0 aliphatic carbocycles. The highest BCUT2D eigenvalue weighted by Gasteiger charge is 2.22. The number of nitrogens with two attached hydrogens (primary N) is 1. The number of halogens is 4. The molecule has 0 bridgehead atoms. The van der Waals surface area contributed by atoms with Gasteiger partial charge in [-0.1, -0.05) is 33.6 Å². The Labute approximate surface area is 138 Å². The van der Waals surface area contributed by atoms with Crippen LogP contribution in [0.3, 0.4) is 0 Å². The maximum Gasteiger partial charge on any atom is 0.138 e. The molecule has 0 amide bonds. The van der Waals surface area contributed by atoms with E-state index in [4.69, 9.17) is 22.1 Å². The van der Waals surface area contributed by atoms with Crippen molar-refractivity contribution in [1.82, 2.24) is 0 Å². The minimum Gasteiger partial charge on any atom is -0.495 e. The lowest BCUT2D eigenvalue weighted by molar-refractivity contribution is 0.404. The molecule has 0 aliphatic heterocycles. The van der Waals surface area contributed by atoms with Crippen molar-refractivity contribution in [2.24, 2.45) is 5.73 Å². The second-order valence-corrected chi connectivity index (χ2v) is 6.27. The van der Waals surface area contributed by atoms with Crippen LogP contribution in [0.1, 0.15) is 17.2 Å². The monoisotopic (exact) mass is 421 g/mol. The minimum atomic E-state index is -0.699. The molecule has 2 N–H and O–H groups in total. The van der Waals surface area contributed by atoms with Crippen LogP contribution < -0.4 is 10.5 Å². The van der Waals surface area contributed by atoms with Gasteiger partial charge in [0.25, 0.3) is 0 Å². The van der Waals surface area contributed by atoms with Crippen LogP contribution >= 0.6 is 43.5 Å². The smallest absolute Gasteiger partial charge is 0.138 e. The van der Waals surface area contributed by atoms with Gasteiger partial charge in [0.1, 0.15) is 11.6 Å². The third-order valence-corrected chi connectivity index (χ3v) is 4.39. The lowest BCUT2D eigenvalue weighted by Gasteiger charge is -2.19. The summed E-state index contributed by atoms with van der Waals surface area (Å²) >= 11 is 12.7. The van der Waals surface area contributed by atoms with E-state index in [9.17, 15) is 4.39 Å². The summed E-state index contributed by atoms with van der Waals surface area (Å²) in [6, 6.07) is 7.40. The van der Waals surface area contributed by atoms with Crippen molar-refractivity contribution in [3.63, 3.8) is 0 Å². The van der Waals surface area contributed by atoms with E-state index >= 15 is 0 Å². The second kappa shape index (κ2) is 6.43. The van der Waals surface area contributed by atoms with Crippen molar-refractivity contribution in [3.05, 3.63) is 61.2 Å². The molecule has 1 unspecified atom stereocenters. The highest BCUT2D eigenvalue weighted by Crippen LogP contribution is 2.39. The Bertz CT molecular complexity index is 631. The number of ether oxygens (including phenoxy) is 1. The highest BCUT2D eigenvalue weighted by atomic mass is 79.9. The first-order valence-electron chi connectivity index (χ1n) is 5.68. The third kappa shape index (κ3) is 3.01.